The van der Waals surface area contributed by atoms with Crippen LogP contribution in [-0.2, 0) is 6.18 Å². The highest BCUT2D eigenvalue weighted by atomic mass is 19.4. The smallest absolute Gasteiger partial charge is 0.418 e. The van der Waals surface area contributed by atoms with E-state index in [0.29, 0.717) is 11.1 Å². The fraction of sp³-hybridized carbons (Fsp3) is 0.0714. The van der Waals surface area contributed by atoms with Crippen molar-refractivity contribution in [3.8, 4) is 0 Å². The second kappa shape index (κ2) is 4.69. The molecule has 0 aliphatic rings. The van der Waals surface area contributed by atoms with Crippen molar-refractivity contribution in [3.05, 3.63) is 53.9 Å². The summed E-state index contributed by atoms with van der Waals surface area (Å²) in [5.41, 5.74) is 0.00431. The van der Waals surface area contributed by atoms with Gasteiger partial charge in [0.25, 0.3) is 5.91 Å². The van der Waals surface area contributed by atoms with E-state index in [1.54, 1.807) is 6.07 Å². The average molecular weight is 294 g/mol. The van der Waals surface area contributed by atoms with Crippen LogP contribution in [0, 0.1) is 0 Å². The molecule has 1 amide bonds. The molecule has 3 aromatic rings. The first-order valence-electron chi connectivity index (χ1n) is 5.99. The predicted molar refractivity (Wildman–Crippen MR) is 70.0 cm³/mol. The van der Waals surface area contributed by atoms with E-state index in [-0.39, 0.29) is 11.4 Å². The standard InChI is InChI=1S/C14H9F3N2O2/c15-14(16,17)8-3-1-2-4-9(8)19-13(20)11-7-12-10(18-11)5-6-21-12/h1-7,18H,(H,19,20). The number of carbonyl (C=O) groups excluding carboxylic acids is 1. The second-order valence-corrected chi connectivity index (χ2v) is 4.38. The Morgan fingerprint density at radius 2 is 1.95 bits per heavy atom. The van der Waals surface area contributed by atoms with Gasteiger partial charge >= 0.3 is 6.18 Å². The van der Waals surface area contributed by atoms with Gasteiger partial charge in [0.05, 0.1) is 23.0 Å². The van der Waals surface area contributed by atoms with Crippen LogP contribution in [0.1, 0.15) is 16.1 Å². The molecule has 0 atom stereocenters. The highest BCUT2D eigenvalue weighted by molar-refractivity contribution is 6.05. The Labute approximate surface area is 116 Å². The number of alkyl halides is 3. The molecule has 0 unspecified atom stereocenters. The molecule has 7 heteroatoms. The Balaban J connectivity index is 1.90. The van der Waals surface area contributed by atoms with Crippen molar-refractivity contribution in [3.63, 3.8) is 0 Å². The van der Waals surface area contributed by atoms with Crippen LogP contribution in [0.5, 0.6) is 0 Å². The minimum absolute atomic E-state index is 0.126. The topological polar surface area (TPSA) is 58.0 Å². The summed E-state index contributed by atoms with van der Waals surface area (Å²) in [4.78, 5) is 14.8. The molecular formula is C14H9F3N2O2. The van der Waals surface area contributed by atoms with Gasteiger partial charge in [0.15, 0.2) is 5.58 Å². The highest BCUT2D eigenvalue weighted by Crippen LogP contribution is 2.34. The van der Waals surface area contributed by atoms with Crippen LogP contribution < -0.4 is 5.32 Å². The van der Waals surface area contributed by atoms with Crippen molar-refractivity contribution in [2.75, 3.05) is 5.32 Å². The molecule has 0 radical (unpaired) electrons. The number of benzene rings is 1. The number of carbonyl (C=O) groups is 1. The molecular weight excluding hydrogens is 285 g/mol. The van der Waals surface area contributed by atoms with Crippen LogP contribution >= 0.6 is 0 Å². The average Bonchev–Trinajstić information content (AvgIpc) is 2.98. The molecule has 0 spiro atoms. The summed E-state index contributed by atoms with van der Waals surface area (Å²) in [5, 5.41) is 2.25. The third-order valence-electron chi connectivity index (χ3n) is 2.97. The Hall–Kier alpha value is -2.70. The van der Waals surface area contributed by atoms with Gasteiger partial charge in [0.1, 0.15) is 5.69 Å². The first-order valence-corrected chi connectivity index (χ1v) is 5.99. The van der Waals surface area contributed by atoms with E-state index in [1.165, 1.54) is 30.5 Å². The summed E-state index contributed by atoms with van der Waals surface area (Å²) in [7, 11) is 0. The minimum Gasteiger partial charge on any atom is -0.463 e. The number of hydrogen-bond donors (Lipinski definition) is 2. The molecule has 21 heavy (non-hydrogen) atoms. The number of para-hydroxylation sites is 1. The van der Waals surface area contributed by atoms with Gasteiger partial charge in [-0.25, -0.2) is 0 Å². The Morgan fingerprint density at radius 3 is 2.67 bits per heavy atom. The van der Waals surface area contributed by atoms with E-state index < -0.39 is 17.6 Å². The Morgan fingerprint density at radius 1 is 1.19 bits per heavy atom. The number of aromatic nitrogens is 1. The van der Waals surface area contributed by atoms with Crippen LogP contribution in [0.3, 0.4) is 0 Å². The van der Waals surface area contributed by atoms with Crippen molar-refractivity contribution in [2.24, 2.45) is 0 Å². The zero-order valence-corrected chi connectivity index (χ0v) is 10.5. The molecule has 0 saturated carbocycles. The van der Waals surface area contributed by atoms with Crippen LogP contribution in [-0.4, -0.2) is 10.9 Å². The number of anilines is 1. The number of hydrogen-bond acceptors (Lipinski definition) is 2. The van der Waals surface area contributed by atoms with E-state index in [2.05, 4.69) is 10.3 Å². The van der Waals surface area contributed by atoms with E-state index in [1.807, 2.05) is 0 Å². The maximum Gasteiger partial charge on any atom is 0.418 e. The van der Waals surface area contributed by atoms with Crippen LogP contribution in [0.4, 0.5) is 18.9 Å². The minimum atomic E-state index is -4.53. The molecule has 0 bridgehead atoms. The largest absolute Gasteiger partial charge is 0.463 e. The number of amides is 1. The number of halogens is 3. The Bertz CT molecular complexity index is 773. The number of rotatable bonds is 2. The van der Waals surface area contributed by atoms with Crippen LogP contribution in [0.15, 0.2) is 47.1 Å². The summed E-state index contributed by atoms with van der Waals surface area (Å²) in [6.07, 6.45) is -3.09. The lowest BCUT2D eigenvalue weighted by atomic mass is 10.1. The van der Waals surface area contributed by atoms with Gasteiger partial charge in [0, 0.05) is 12.1 Å². The normalized spacial score (nSPS) is 11.8. The summed E-state index contributed by atoms with van der Waals surface area (Å²) in [5.74, 6) is -0.668. The monoisotopic (exact) mass is 294 g/mol. The van der Waals surface area contributed by atoms with Crippen molar-refractivity contribution < 1.29 is 22.4 Å². The maximum absolute atomic E-state index is 12.8. The van der Waals surface area contributed by atoms with Gasteiger partial charge in [-0.15, -0.1) is 0 Å². The fourth-order valence-electron chi connectivity index (χ4n) is 2.00. The summed E-state index contributed by atoms with van der Waals surface area (Å²) in [6, 6.07) is 7.85. The molecule has 1 aromatic carbocycles. The molecule has 2 N–H and O–H groups in total. The molecule has 4 nitrogen and oxygen atoms in total. The Kier molecular flexibility index (Phi) is 2.97. The summed E-state index contributed by atoms with van der Waals surface area (Å²) >= 11 is 0. The number of H-pyrrole nitrogens is 1. The van der Waals surface area contributed by atoms with Crippen molar-refractivity contribution in [1.29, 1.82) is 0 Å². The molecule has 3 rings (SSSR count). The first-order chi connectivity index (χ1) is 9.95. The van der Waals surface area contributed by atoms with E-state index in [4.69, 9.17) is 4.42 Å². The zero-order valence-electron chi connectivity index (χ0n) is 10.5. The van der Waals surface area contributed by atoms with Crippen molar-refractivity contribution in [1.82, 2.24) is 4.98 Å². The van der Waals surface area contributed by atoms with Crippen molar-refractivity contribution >= 4 is 22.7 Å². The highest BCUT2D eigenvalue weighted by Gasteiger charge is 2.33. The van der Waals surface area contributed by atoms with Gasteiger partial charge in [-0.3, -0.25) is 4.79 Å². The first kappa shape index (κ1) is 13.3. The van der Waals surface area contributed by atoms with E-state index in [9.17, 15) is 18.0 Å². The lowest BCUT2D eigenvalue weighted by Gasteiger charge is -2.12. The number of aromatic amines is 1. The van der Waals surface area contributed by atoms with Crippen molar-refractivity contribution in [2.45, 2.75) is 6.18 Å². The van der Waals surface area contributed by atoms with Gasteiger partial charge < -0.3 is 14.7 Å². The lowest BCUT2D eigenvalue weighted by Crippen LogP contribution is -2.16. The third-order valence-corrected chi connectivity index (χ3v) is 2.97. The van der Waals surface area contributed by atoms with Crippen LogP contribution in [0.25, 0.3) is 11.1 Å². The zero-order chi connectivity index (χ0) is 15.0. The number of fused-ring (bicyclic) bond motifs is 1. The van der Waals surface area contributed by atoms with Crippen LogP contribution in [0.2, 0.25) is 0 Å². The molecule has 0 saturated heterocycles. The third kappa shape index (κ3) is 2.49. The quantitative estimate of drug-likeness (QED) is 0.749. The summed E-state index contributed by atoms with van der Waals surface area (Å²) in [6.45, 7) is 0. The molecule has 0 aliphatic carbocycles. The van der Waals surface area contributed by atoms with E-state index >= 15 is 0 Å². The van der Waals surface area contributed by atoms with Gasteiger partial charge in [-0.05, 0) is 12.1 Å². The molecule has 0 fully saturated rings. The maximum atomic E-state index is 12.8. The van der Waals surface area contributed by atoms with Gasteiger partial charge in [-0.1, -0.05) is 12.1 Å². The lowest BCUT2D eigenvalue weighted by molar-refractivity contribution is -0.136. The summed E-state index contributed by atoms with van der Waals surface area (Å²) < 4.78 is 43.6. The van der Waals surface area contributed by atoms with E-state index in [0.717, 1.165) is 6.07 Å². The molecule has 2 aromatic heterocycles. The molecule has 108 valence electrons. The molecule has 0 aliphatic heterocycles. The second-order valence-electron chi connectivity index (χ2n) is 4.38. The molecule has 2 heterocycles. The van der Waals surface area contributed by atoms with Gasteiger partial charge in [0.2, 0.25) is 0 Å². The predicted octanol–water partition coefficient (Wildman–Crippen LogP) is 4.03. The van der Waals surface area contributed by atoms with Gasteiger partial charge in [-0.2, -0.15) is 13.2 Å². The SMILES string of the molecule is O=C(Nc1ccccc1C(F)(F)F)c1cc2occc2[nH]1. The number of nitrogens with one attached hydrogen (secondary N) is 2. The fourth-order valence-corrected chi connectivity index (χ4v) is 2.00. The number of furan rings is 1.